The van der Waals surface area contributed by atoms with Crippen molar-refractivity contribution in [1.29, 1.82) is 0 Å². The summed E-state index contributed by atoms with van der Waals surface area (Å²) >= 11 is 0. The minimum absolute atomic E-state index is 0.182. The Labute approximate surface area is 105 Å². The molecule has 92 valence electrons. The lowest BCUT2D eigenvalue weighted by Gasteiger charge is -2.13. The van der Waals surface area contributed by atoms with Crippen LogP contribution < -0.4 is 11.1 Å². The van der Waals surface area contributed by atoms with Crippen molar-refractivity contribution in [3.8, 4) is 0 Å². The first-order valence-corrected chi connectivity index (χ1v) is 5.61. The van der Waals surface area contributed by atoms with E-state index in [2.05, 4.69) is 15.3 Å². The zero-order chi connectivity index (χ0) is 13.0. The number of hydrogen-bond acceptors (Lipinski definition) is 4. The largest absolute Gasteiger partial charge is 0.383 e. The molecule has 0 aromatic carbocycles. The number of nitrogen functional groups attached to an aromatic ring is 1. The molecule has 0 aliphatic carbocycles. The molecule has 0 saturated carbocycles. The number of pyridine rings is 2. The van der Waals surface area contributed by atoms with Gasteiger partial charge in [-0.05, 0) is 31.2 Å². The Hall–Kier alpha value is -2.43. The van der Waals surface area contributed by atoms with E-state index in [1.54, 1.807) is 24.5 Å². The summed E-state index contributed by atoms with van der Waals surface area (Å²) in [5.74, 6) is -0.0260. The highest BCUT2D eigenvalue weighted by Crippen LogP contribution is 2.12. The molecule has 5 nitrogen and oxygen atoms in total. The van der Waals surface area contributed by atoms with Gasteiger partial charge >= 0.3 is 0 Å². The number of rotatable bonds is 3. The Balaban J connectivity index is 2.11. The van der Waals surface area contributed by atoms with Crippen molar-refractivity contribution in [2.75, 3.05) is 5.73 Å². The SMILES string of the molecule is CC(NC(=O)c1cccnc1N)c1ccccn1. The Morgan fingerprint density at radius 1 is 1.22 bits per heavy atom. The summed E-state index contributed by atoms with van der Waals surface area (Å²) in [6.07, 6.45) is 3.24. The number of carbonyl (C=O) groups is 1. The van der Waals surface area contributed by atoms with Gasteiger partial charge in [0.15, 0.2) is 0 Å². The van der Waals surface area contributed by atoms with Crippen LogP contribution in [0.15, 0.2) is 42.7 Å². The third-order valence-corrected chi connectivity index (χ3v) is 2.56. The molecule has 1 amide bonds. The van der Waals surface area contributed by atoms with Gasteiger partial charge in [0.05, 0.1) is 17.3 Å². The van der Waals surface area contributed by atoms with Crippen LogP contribution in [0.4, 0.5) is 5.82 Å². The van der Waals surface area contributed by atoms with Gasteiger partial charge < -0.3 is 11.1 Å². The van der Waals surface area contributed by atoms with Crippen LogP contribution in [0.5, 0.6) is 0 Å². The first-order chi connectivity index (χ1) is 8.68. The van der Waals surface area contributed by atoms with Crippen LogP contribution in [0.3, 0.4) is 0 Å². The fourth-order valence-corrected chi connectivity index (χ4v) is 1.59. The maximum absolute atomic E-state index is 12.0. The fraction of sp³-hybridized carbons (Fsp3) is 0.154. The van der Waals surface area contributed by atoms with Gasteiger partial charge in [-0.15, -0.1) is 0 Å². The molecule has 2 rings (SSSR count). The average Bonchev–Trinajstić information content (AvgIpc) is 2.40. The molecular weight excluding hydrogens is 228 g/mol. The van der Waals surface area contributed by atoms with Gasteiger partial charge in [0.2, 0.25) is 0 Å². The van der Waals surface area contributed by atoms with Crippen LogP contribution in [0.1, 0.15) is 29.0 Å². The van der Waals surface area contributed by atoms with Crippen LogP contribution in [-0.4, -0.2) is 15.9 Å². The highest BCUT2D eigenvalue weighted by atomic mass is 16.1. The van der Waals surface area contributed by atoms with Crippen LogP contribution >= 0.6 is 0 Å². The van der Waals surface area contributed by atoms with E-state index in [0.717, 1.165) is 5.69 Å². The second-order valence-corrected chi connectivity index (χ2v) is 3.89. The molecule has 0 bridgehead atoms. The maximum atomic E-state index is 12.0. The fourth-order valence-electron chi connectivity index (χ4n) is 1.59. The molecule has 3 N–H and O–H groups in total. The Bertz CT molecular complexity index is 542. The quantitative estimate of drug-likeness (QED) is 0.855. The summed E-state index contributed by atoms with van der Waals surface area (Å²) in [4.78, 5) is 20.1. The Morgan fingerprint density at radius 2 is 2.00 bits per heavy atom. The van der Waals surface area contributed by atoms with Crippen molar-refractivity contribution in [1.82, 2.24) is 15.3 Å². The van der Waals surface area contributed by atoms with Gasteiger partial charge in [-0.2, -0.15) is 0 Å². The zero-order valence-corrected chi connectivity index (χ0v) is 10.00. The number of nitrogens with one attached hydrogen (secondary N) is 1. The summed E-state index contributed by atoms with van der Waals surface area (Å²) < 4.78 is 0. The van der Waals surface area contributed by atoms with Gasteiger partial charge in [-0.3, -0.25) is 9.78 Å². The first-order valence-electron chi connectivity index (χ1n) is 5.61. The minimum Gasteiger partial charge on any atom is -0.383 e. The third-order valence-electron chi connectivity index (χ3n) is 2.56. The van der Waals surface area contributed by atoms with Gasteiger partial charge in [0, 0.05) is 12.4 Å². The van der Waals surface area contributed by atoms with E-state index in [0.29, 0.717) is 5.56 Å². The van der Waals surface area contributed by atoms with Gasteiger partial charge in [-0.25, -0.2) is 4.98 Å². The van der Waals surface area contributed by atoms with Crippen molar-refractivity contribution in [2.45, 2.75) is 13.0 Å². The molecule has 0 aliphatic rings. The van der Waals surface area contributed by atoms with E-state index < -0.39 is 0 Å². The summed E-state index contributed by atoms with van der Waals surface area (Å²) in [6, 6.07) is 8.70. The van der Waals surface area contributed by atoms with E-state index in [1.165, 1.54) is 0 Å². The summed E-state index contributed by atoms with van der Waals surface area (Å²) in [5, 5.41) is 2.83. The zero-order valence-electron chi connectivity index (χ0n) is 10.00. The van der Waals surface area contributed by atoms with Crippen LogP contribution in [0.25, 0.3) is 0 Å². The van der Waals surface area contributed by atoms with Gasteiger partial charge in [0.25, 0.3) is 5.91 Å². The van der Waals surface area contributed by atoms with Crippen LogP contribution in [0.2, 0.25) is 0 Å². The lowest BCUT2D eigenvalue weighted by Crippen LogP contribution is -2.28. The molecule has 2 heterocycles. The molecule has 0 radical (unpaired) electrons. The van der Waals surface area contributed by atoms with Gasteiger partial charge in [0.1, 0.15) is 5.82 Å². The van der Waals surface area contributed by atoms with Crippen molar-refractivity contribution >= 4 is 11.7 Å². The first kappa shape index (κ1) is 12.0. The van der Waals surface area contributed by atoms with Crippen molar-refractivity contribution < 1.29 is 4.79 Å². The van der Waals surface area contributed by atoms with E-state index in [1.807, 2.05) is 25.1 Å². The predicted octanol–water partition coefficient (Wildman–Crippen LogP) is 1.55. The molecule has 0 saturated heterocycles. The summed E-state index contributed by atoms with van der Waals surface area (Å²) in [7, 11) is 0. The highest BCUT2D eigenvalue weighted by molar-refractivity contribution is 5.98. The standard InChI is InChI=1S/C13H14N4O/c1-9(11-6-2-3-7-15-11)17-13(18)10-5-4-8-16-12(10)14/h2-9H,1H3,(H2,14,16)(H,17,18). The number of anilines is 1. The number of aromatic nitrogens is 2. The molecule has 1 atom stereocenters. The minimum atomic E-state index is -0.251. The third kappa shape index (κ3) is 2.63. The lowest BCUT2D eigenvalue weighted by molar-refractivity contribution is 0.0939. The van der Waals surface area contributed by atoms with Crippen molar-refractivity contribution in [2.24, 2.45) is 0 Å². The highest BCUT2D eigenvalue weighted by Gasteiger charge is 2.14. The van der Waals surface area contributed by atoms with Crippen LogP contribution in [-0.2, 0) is 0 Å². The summed E-state index contributed by atoms with van der Waals surface area (Å²) in [5.41, 5.74) is 6.82. The molecule has 0 spiro atoms. The number of carbonyl (C=O) groups excluding carboxylic acids is 1. The smallest absolute Gasteiger partial charge is 0.255 e. The topological polar surface area (TPSA) is 80.9 Å². The molecule has 18 heavy (non-hydrogen) atoms. The number of hydrogen-bond donors (Lipinski definition) is 2. The molecule has 5 heteroatoms. The predicted molar refractivity (Wildman–Crippen MR) is 68.8 cm³/mol. The molecule has 1 unspecified atom stereocenters. The molecular formula is C13H14N4O. The Kier molecular flexibility index (Phi) is 3.52. The molecule has 2 aromatic heterocycles. The van der Waals surface area contributed by atoms with Crippen LogP contribution in [0, 0.1) is 0 Å². The van der Waals surface area contributed by atoms with Gasteiger partial charge in [-0.1, -0.05) is 6.07 Å². The monoisotopic (exact) mass is 242 g/mol. The van der Waals surface area contributed by atoms with Crippen molar-refractivity contribution in [3.63, 3.8) is 0 Å². The molecule has 2 aromatic rings. The molecule has 0 fully saturated rings. The van der Waals surface area contributed by atoms with E-state index in [4.69, 9.17) is 5.73 Å². The number of nitrogens with zero attached hydrogens (tertiary/aromatic N) is 2. The second kappa shape index (κ2) is 5.27. The maximum Gasteiger partial charge on any atom is 0.255 e. The molecule has 0 aliphatic heterocycles. The van der Waals surface area contributed by atoms with Crippen molar-refractivity contribution in [3.05, 3.63) is 54.0 Å². The average molecular weight is 242 g/mol. The normalized spacial score (nSPS) is 11.8. The van der Waals surface area contributed by atoms with E-state index in [-0.39, 0.29) is 17.8 Å². The van der Waals surface area contributed by atoms with E-state index in [9.17, 15) is 4.79 Å². The Morgan fingerprint density at radius 3 is 2.67 bits per heavy atom. The van der Waals surface area contributed by atoms with E-state index >= 15 is 0 Å². The summed E-state index contributed by atoms with van der Waals surface area (Å²) in [6.45, 7) is 1.87. The lowest BCUT2D eigenvalue weighted by atomic mass is 10.2. The number of amides is 1. The second-order valence-electron chi connectivity index (χ2n) is 3.89. The number of nitrogens with two attached hydrogens (primary N) is 1.